The van der Waals surface area contributed by atoms with Gasteiger partial charge in [0, 0.05) is 0 Å². The van der Waals surface area contributed by atoms with Crippen LogP contribution in [0, 0.1) is 0 Å². The van der Waals surface area contributed by atoms with Gasteiger partial charge in [0.1, 0.15) is 5.83 Å². The number of rotatable bonds is 2. The average Bonchev–Trinajstić information content (AvgIpc) is 1.93. The van der Waals surface area contributed by atoms with Crippen LogP contribution in [0.15, 0.2) is 36.7 Å². The van der Waals surface area contributed by atoms with Crippen molar-refractivity contribution in [3.8, 4) is 0 Å². The normalized spacial score (nSPS) is 9.40. The van der Waals surface area contributed by atoms with Crippen LogP contribution in [0.25, 0.3) is 0 Å². The fourth-order valence-corrected chi connectivity index (χ4v) is 0.267. The molecule has 0 aliphatic carbocycles. The van der Waals surface area contributed by atoms with Crippen molar-refractivity contribution in [1.82, 2.24) is 0 Å². The van der Waals surface area contributed by atoms with Gasteiger partial charge in [-0.05, 0) is 12.5 Å². The molecule has 0 spiro atoms. The van der Waals surface area contributed by atoms with E-state index in [2.05, 4.69) is 13.2 Å². The molecular formula is C9H15F. The van der Waals surface area contributed by atoms with Crippen LogP contribution in [-0.2, 0) is 0 Å². The molecule has 58 valence electrons. The highest BCUT2D eigenvalue weighted by Gasteiger charge is 1.87. The third kappa shape index (κ3) is 7.15. The Morgan fingerprint density at radius 3 is 1.90 bits per heavy atom. The highest BCUT2D eigenvalue weighted by atomic mass is 19.1. The van der Waals surface area contributed by atoms with Gasteiger partial charge in [-0.25, -0.2) is 4.39 Å². The molecule has 0 nitrogen and oxygen atoms in total. The van der Waals surface area contributed by atoms with E-state index in [0.717, 1.165) is 0 Å². The highest BCUT2D eigenvalue weighted by Crippen LogP contribution is 2.05. The molecule has 0 amide bonds. The Labute approximate surface area is 62.8 Å². The lowest BCUT2D eigenvalue weighted by Crippen LogP contribution is -1.70. The van der Waals surface area contributed by atoms with Crippen molar-refractivity contribution in [3.05, 3.63) is 36.7 Å². The lowest BCUT2D eigenvalue weighted by atomic mass is 10.3. The number of allylic oxidation sites excluding steroid dienone is 4. The van der Waals surface area contributed by atoms with Crippen LogP contribution in [0.5, 0.6) is 0 Å². The van der Waals surface area contributed by atoms with Gasteiger partial charge in [0.25, 0.3) is 0 Å². The fourth-order valence-electron chi connectivity index (χ4n) is 0.267. The molecule has 0 unspecified atom stereocenters. The summed E-state index contributed by atoms with van der Waals surface area (Å²) < 4.78 is 12.0. The monoisotopic (exact) mass is 142 g/mol. The molecule has 0 radical (unpaired) electrons. The lowest BCUT2D eigenvalue weighted by molar-refractivity contribution is 0.656. The Bertz CT molecular complexity index is 132. The second kappa shape index (κ2) is 8.15. The van der Waals surface area contributed by atoms with Crippen molar-refractivity contribution < 1.29 is 4.39 Å². The topological polar surface area (TPSA) is 0 Å². The highest BCUT2D eigenvalue weighted by molar-refractivity contribution is 5.23. The number of hydrogen-bond acceptors (Lipinski definition) is 0. The van der Waals surface area contributed by atoms with Crippen molar-refractivity contribution in [2.75, 3.05) is 0 Å². The molecule has 10 heavy (non-hydrogen) atoms. The van der Waals surface area contributed by atoms with E-state index in [4.69, 9.17) is 0 Å². The van der Waals surface area contributed by atoms with E-state index in [1.807, 2.05) is 13.8 Å². The minimum Gasteiger partial charge on any atom is -0.207 e. The fraction of sp³-hybridized carbons (Fsp3) is 0.333. The van der Waals surface area contributed by atoms with Gasteiger partial charge in [-0.2, -0.15) is 0 Å². The molecule has 0 saturated carbocycles. The SMILES string of the molecule is C=C/C=C(/C)C(=C)F.CC. The second-order valence-electron chi connectivity index (χ2n) is 1.49. The Balaban J connectivity index is 0. The van der Waals surface area contributed by atoms with E-state index in [-0.39, 0.29) is 0 Å². The third-order valence-corrected chi connectivity index (χ3v) is 0.796. The van der Waals surface area contributed by atoms with Gasteiger partial charge in [-0.1, -0.05) is 39.2 Å². The van der Waals surface area contributed by atoms with Crippen LogP contribution in [-0.4, -0.2) is 0 Å². The summed E-state index contributed by atoms with van der Waals surface area (Å²) >= 11 is 0. The first kappa shape index (κ1) is 11.9. The van der Waals surface area contributed by atoms with Crippen molar-refractivity contribution >= 4 is 0 Å². The lowest BCUT2D eigenvalue weighted by Gasteiger charge is -1.88. The summed E-state index contributed by atoms with van der Waals surface area (Å²) in [6.45, 7) is 12.1. The minimum atomic E-state index is -0.398. The predicted octanol–water partition coefficient (Wildman–Crippen LogP) is 3.63. The minimum absolute atomic E-state index is 0.398. The van der Waals surface area contributed by atoms with Gasteiger partial charge in [-0.3, -0.25) is 0 Å². The van der Waals surface area contributed by atoms with Crippen LogP contribution in [0.2, 0.25) is 0 Å². The van der Waals surface area contributed by atoms with Gasteiger partial charge >= 0.3 is 0 Å². The molecule has 0 aromatic rings. The maximum Gasteiger partial charge on any atom is 0.118 e. The molecule has 0 aromatic carbocycles. The Morgan fingerprint density at radius 1 is 1.40 bits per heavy atom. The van der Waals surface area contributed by atoms with Gasteiger partial charge in [-0.15, -0.1) is 0 Å². The summed E-state index contributed by atoms with van der Waals surface area (Å²) in [5, 5.41) is 0. The van der Waals surface area contributed by atoms with E-state index in [9.17, 15) is 4.39 Å². The van der Waals surface area contributed by atoms with Crippen molar-refractivity contribution in [2.24, 2.45) is 0 Å². The molecule has 0 aromatic heterocycles. The molecule has 0 rings (SSSR count). The molecule has 0 heterocycles. The van der Waals surface area contributed by atoms with E-state index >= 15 is 0 Å². The van der Waals surface area contributed by atoms with Gasteiger partial charge < -0.3 is 0 Å². The van der Waals surface area contributed by atoms with Gasteiger partial charge in [0.05, 0.1) is 0 Å². The zero-order valence-corrected chi connectivity index (χ0v) is 6.95. The molecule has 0 N–H and O–H groups in total. The van der Waals surface area contributed by atoms with E-state index < -0.39 is 5.83 Å². The Morgan fingerprint density at radius 2 is 1.80 bits per heavy atom. The van der Waals surface area contributed by atoms with Gasteiger partial charge in [0.2, 0.25) is 0 Å². The molecule has 0 saturated heterocycles. The third-order valence-electron chi connectivity index (χ3n) is 0.796. The van der Waals surface area contributed by atoms with E-state index in [1.165, 1.54) is 6.08 Å². The van der Waals surface area contributed by atoms with Crippen LogP contribution < -0.4 is 0 Å². The molecule has 0 bridgehead atoms. The van der Waals surface area contributed by atoms with Crippen molar-refractivity contribution in [3.63, 3.8) is 0 Å². The summed E-state index contributed by atoms with van der Waals surface area (Å²) in [5.41, 5.74) is 0.528. The molecule has 0 atom stereocenters. The van der Waals surface area contributed by atoms with E-state index in [0.29, 0.717) is 5.57 Å². The van der Waals surface area contributed by atoms with Crippen LogP contribution >= 0.6 is 0 Å². The molecule has 1 heteroatoms. The largest absolute Gasteiger partial charge is 0.207 e. The van der Waals surface area contributed by atoms with E-state index in [1.54, 1.807) is 13.0 Å². The Hall–Kier alpha value is -0.850. The zero-order valence-electron chi connectivity index (χ0n) is 6.95. The molecule has 0 aliphatic heterocycles. The summed E-state index contributed by atoms with van der Waals surface area (Å²) in [6.07, 6.45) is 3.10. The first-order chi connectivity index (χ1) is 4.68. The summed E-state index contributed by atoms with van der Waals surface area (Å²) in [4.78, 5) is 0. The second-order valence-corrected chi connectivity index (χ2v) is 1.49. The van der Waals surface area contributed by atoms with Crippen LogP contribution in [0.3, 0.4) is 0 Å². The number of hydrogen-bond donors (Lipinski definition) is 0. The molecule has 0 aliphatic rings. The summed E-state index contributed by atoms with van der Waals surface area (Å²) in [5.74, 6) is -0.398. The smallest absolute Gasteiger partial charge is 0.118 e. The molecule has 0 fully saturated rings. The zero-order chi connectivity index (χ0) is 8.57. The first-order valence-corrected chi connectivity index (χ1v) is 3.32. The van der Waals surface area contributed by atoms with Crippen LogP contribution in [0.4, 0.5) is 4.39 Å². The standard InChI is InChI=1S/C7H9F.C2H6/c1-4-5-6(2)7(3)8;1-2/h4-5H,1,3H2,2H3;1-2H3/b6-5-;. The van der Waals surface area contributed by atoms with Crippen molar-refractivity contribution in [1.29, 1.82) is 0 Å². The first-order valence-electron chi connectivity index (χ1n) is 3.32. The molecular weight excluding hydrogens is 127 g/mol. The number of halogens is 1. The van der Waals surface area contributed by atoms with Crippen LogP contribution in [0.1, 0.15) is 20.8 Å². The predicted molar refractivity (Wildman–Crippen MR) is 45.6 cm³/mol. The van der Waals surface area contributed by atoms with Crippen molar-refractivity contribution in [2.45, 2.75) is 20.8 Å². The quantitative estimate of drug-likeness (QED) is 0.516. The van der Waals surface area contributed by atoms with Gasteiger partial charge in [0.15, 0.2) is 0 Å². The Kier molecular flexibility index (Phi) is 9.69. The summed E-state index contributed by atoms with van der Waals surface area (Å²) in [6, 6.07) is 0. The summed E-state index contributed by atoms with van der Waals surface area (Å²) in [7, 11) is 0. The maximum absolute atomic E-state index is 12.0. The average molecular weight is 142 g/mol. The maximum atomic E-state index is 12.0.